The summed E-state index contributed by atoms with van der Waals surface area (Å²) in [5.41, 5.74) is 2.69. The number of nitrogens with zero attached hydrogens (tertiary/aromatic N) is 7. The summed E-state index contributed by atoms with van der Waals surface area (Å²) >= 11 is 0. The van der Waals surface area contributed by atoms with Crippen LogP contribution >= 0.6 is 0 Å². The van der Waals surface area contributed by atoms with Crippen molar-refractivity contribution in [2.75, 3.05) is 67.5 Å². The summed E-state index contributed by atoms with van der Waals surface area (Å²) in [4.78, 5) is 22.4. The van der Waals surface area contributed by atoms with Gasteiger partial charge in [-0.15, -0.1) is 0 Å². The molecule has 4 heterocycles. The van der Waals surface area contributed by atoms with E-state index in [4.69, 9.17) is 9.98 Å². The van der Waals surface area contributed by atoms with Crippen LogP contribution in [0.1, 0.15) is 30.1 Å². The number of pyridine rings is 1. The Hall–Kier alpha value is -2.22. The van der Waals surface area contributed by atoms with Crippen LogP contribution < -0.4 is 0 Å². The van der Waals surface area contributed by atoms with E-state index in [2.05, 4.69) is 83.1 Å². The predicted molar refractivity (Wildman–Crippen MR) is 134 cm³/mol. The lowest BCUT2D eigenvalue weighted by Crippen LogP contribution is -2.54. The van der Waals surface area contributed by atoms with E-state index in [0.29, 0.717) is 12.1 Å². The van der Waals surface area contributed by atoms with Crippen molar-refractivity contribution < 1.29 is 0 Å². The average Bonchev–Trinajstić information content (AvgIpc) is 3.15. The highest BCUT2D eigenvalue weighted by Crippen LogP contribution is 2.34. The van der Waals surface area contributed by atoms with E-state index < -0.39 is 0 Å². The second-order valence-electron chi connectivity index (χ2n) is 10.3. The van der Waals surface area contributed by atoms with E-state index in [1.165, 1.54) is 29.9 Å². The highest BCUT2D eigenvalue weighted by atomic mass is 15.4. The Labute approximate surface area is 199 Å². The van der Waals surface area contributed by atoms with Crippen LogP contribution in [0.4, 0.5) is 0 Å². The van der Waals surface area contributed by atoms with Crippen LogP contribution in [0.2, 0.25) is 0 Å². The van der Waals surface area contributed by atoms with Gasteiger partial charge in [-0.05, 0) is 71.2 Å². The Bertz CT molecular complexity index is 928. The van der Waals surface area contributed by atoms with Gasteiger partial charge in [-0.25, -0.2) is 0 Å². The van der Waals surface area contributed by atoms with E-state index >= 15 is 0 Å². The van der Waals surface area contributed by atoms with Crippen LogP contribution in [0.5, 0.6) is 0 Å². The molecule has 4 aliphatic rings. The summed E-state index contributed by atoms with van der Waals surface area (Å²) in [7, 11) is 8.85. The monoisotopic (exact) mass is 449 g/mol. The molecule has 3 aliphatic heterocycles. The van der Waals surface area contributed by atoms with Gasteiger partial charge in [-0.2, -0.15) is 0 Å². The molecular formula is C26H39N7. The first-order valence-electron chi connectivity index (χ1n) is 12.5. The van der Waals surface area contributed by atoms with Crippen LogP contribution in [0.25, 0.3) is 0 Å². The fraction of sp³-hybridized carbons (Fsp3) is 0.615. The molecule has 0 radical (unpaired) electrons. The van der Waals surface area contributed by atoms with E-state index in [1.807, 2.05) is 6.20 Å². The van der Waals surface area contributed by atoms with E-state index in [-0.39, 0.29) is 6.04 Å². The molecule has 1 fully saturated rings. The van der Waals surface area contributed by atoms with Gasteiger partial charge in [0.25, 0.3) is 0 Å². The Kier molecular flexibility index (Phi) is 6.54. The van der Waals surface area contributed by atoms with Crippen LogP contribution in [-0.4, -0.2) is 115 Å². The van der Waals surface area contributed by atoms with Crippen molar-refractivity contribution >= 4 is 5.84 Å². The van der Waals surface area contributed by atoms with E-state index in [0.717, 1.165) is 51.5 Å². The molecule has 178 valence electrons. The fourth-order valence-corrected chi connectivity index (χ4v) is 5.84. The quantitative estimate of drug-likeness (QED) is 0.662. The van der Waals surface area contributed by atoms with Crippen molar-refractivity contribution in [3.8, 4) is 0 Å². The number of likely N-dealkylation sites (N-methyl/N-ethyl adjacent to an activating group) is 3. The number of allylic oxidation sites excluding steroid dienone is 2. The maximum atomic E-state index is 5.28. The maximum absolute atomic E-state index is 5.28. The Morgan fingerprint density at radius 3 is 2.70 bits per heavy atom. The van der Waals surface area contributed by atoms with Crippen molar-refractivity contribution in [1.82, 2.24) is 29.5 Å². The first-order valence-corrected chi connectivity index (χ1v) is 12.5. The molecule has 33 heavy (non-hydrogen) atoms. The first kappa shape index (κ1) is 22.6. The van der Waals surface area contributed by atoms with Crippen LogP contribution in [-0.2, 0) is 6.42 Å². The number of fused-ring (bicyclic) bond motifs is 2. The smallest absolute Gasteiger partial charge is 0.129 e. The molecule has 0 N–H and O–H groups in total. The number of aliphatic imine (C=N–C) groups is 1. The number of aromatic nitrogens is 1. The molecule has 0 aromatic carbocycles. The number of hydrogen-bond donors (Lipinski definition) is 0. The highest BCUT2D eigenvalue weighted by molar-refractivity contribution is 5.97. The zero-order chi connectivity index (χ0) is 22.9. The average molecular weight is 450 g/mol. The normalized spacial score (nSPS) is 27.6. The Morgan fingerprint density at radius 2 is 1.91 bits per heavy atom. The molecular weight excluding hydrogens is 410 g/mol. The predicted octanol–water partition coefficient (Wildman–Crippen LogP) is 2.06. The van der Waals surface area contributed by atoms with E-state index in [1.54, 1.807) is 0 Å². The molecule has 0 bridgehead atoms. The topological polar surface area (TPSA) is 41.5 Å². The molecule has 1 aliphatic carbocycles. The van der Waals surface area contributed by atoms with Gasteiger partial charge in [0.1, 0.15) is 11.7 Å². The molecule has 0 spiro atoms. The van der Waals surface area contributed by atoms with Crippen molar-refractivity contribution in [2.45, 2.75) is 37.4 Å². The zero-order valence-electron chi connectivity index (χ0n) is 20.7. The fourth-order valence-electron chi connectivity index (χ4n) is 5.84. The number of amidine groups is 1. The van der Waals surface area contributed by atoms with Gasteiger partial charge in [-0.1, -0.05) is 12.1 Å². The van der Waals surface area contributed by atoms with Gasteiger partial charge in [0, 0.05) is 45.5 Å². The minimum Gasteiger partial charge on any atom is -0.355 e. The lowest BCUT2D eigenvalue weighted by molar-refractivity contribution is 0.131. The molecule has 0 amide bonds. The lowest BCUT2D eigenvalue weighted by Gasteiger charge is -2.43. The Morgan fingerprint density at radius 1 is 1.09 bits per heavy atom. The number of piperazine rings is 1. The maximum Gasteiger partial charge on any atom is 0.129 e. The molecule has 1 aromatic heterocycles. The molecule has 2 unspecified atom stereocenters. The molecule has 1 saturated heterocycles. The highest BCUT2D eigenvalue weighted by Gasteiger charge is 2.41. The van der Waals surface area contributed by atoms with Gasteiger partial charge in [0.05, 0.1) is 23.8 Å². The number of aryl methyl sites for hydroxylation is 1. The van der Waals surface area contributed by atoms with Crippen molar-refractivity contribution in [3.63, 3.8) is 0 Å². The molecule has 7 nitrogen and oxygen atoms in total. The van der Waals surface area contributed by atoms with Crippen molar-refractivity contribution in [1.29, 1.82) is 0 Å². The van der Waals surface area contributed by atoms with Gasteiger partial charge in [0.15, 0.2) is 0 Å². The van der Waals surface area contributed by atoms with Crippen LogP contribution in [0, 0.1) is 0 Å². The third-order valence-electron chi connectivity index (χ3n) is 7.61. The lowest BCUT2D eigenvalue weighted by atomic mass is 9.90. The summed E-state index contributed by atoms with van der Waals surface area (Å²) < 4.78 is 0. The third kappa shape index (κ3) is 4.59. The van der Waals surface area contributed by atoms with Gasteiger partial charge in [0.2, 0.25) is 0 Å². The summed E-state index contributed by atoms with van der Waals surface area (Å²) in [6, 6.07) is 5.29. The summed E-state index contributed by atoms with van der Waals surface area (Å²) in [5.74, 6) is 2.45. The SMILES string of the molecule is CN(C)CC1C(CN(C)[C@H]2CCCc3cccnc32)N=C2C=CC=C(N3CCN(C)CC3)N21. The summed E-state index contributed by atoms with van der Waals surface area (Å²) in [6.45, 7) is 6.31. The summed E-state index contributed by atoms with van der Waals surface area (Å²) in [6.07, 6.45) is 12.2. The number of rotatable bonds is 6. The second-order valence-corrected chi connectivity index (χ2v) is 10.3. The van der Waals surface area contributed by atoms with Crippen LogP contribution in [0.15, 0.2) is 47.4 Å². The van der Waals surface area contributed by atoms with Crippen molar-refractivity contribution in [3.05, 3.63) is 53.6 Å². The molecule has 3 atom stereocenters. The minimum absolute atomic E-state index is 0.236. The van der Waals surface area contributed by atoms with Crippen LogP contribution in [0.3, 0.4) is 0 Å². The second kappa shape index (κ2) is 9.57. The Balaban J connectivity index is 1.37. The first-order chi connectivity index (χ1) is 16.0. The largest absolute Gasteiger partial charge is 0.355 e. The minimum atomic E-state index is 0.236. The van der Waals surface area contributed by atoms with Gasteiger partial charge >= 0.3 is 0 Å². The molecule has 0 saturated carbocycles. The standard InChI is InChI=1S/C26H39N7/c1-29(2)19-23-21(18-31(4)22-10-5-8-20-9-7-13-27-26(20)22)28-24-11-6-12-25(33(23)24)32-16-14-30(3)15-17-32/h6-7,9,11-13,21-23H,5,8,10,14-19H2,1-4H3/t21?,22-,23?/m0/s1. The molecule has 7 heteroatoms. The number of hydrogen-bond acceptors (Lipinski definition) is 7. The molecule has 1 aromatic rings. The van der Waals surface area contributed by atoms with Crippen molar-refractivity contribution in [2.24, 2.45) is 4.99 Å². The van der Waals surface area contributed by atoms with E-state index in [9.17, 15) is 0 Å². The summed E-state index contributed by atoms with van der Waals surface area (Å²) in [5, 5.41) is 0. The third-order valence-corrected chi connectivity index (χ3v) is 7.61. The molecule has 5 rings (SSSR count). The van der Waals surface area contributed by atoms with Gasteiger partial charge < -0.3 is 19.6 Å². The zero-order valence-corrected chi connectivity index (χ0v) is 20.7. The van der Waals surface area contributed by atoms with Gasteiger partial charge in [-0.3, -0.25) is 14.9 Å².